The number of halogens is 2. The second-order valence-corrected chi connectivity index (χ2v) is 5.45. The summed E-state index contributed by atoms with van der Waals surface area (Å²) in [7, 11) is 0. The number of carboxylic acid groups (broad SMARTS) is 1. The lowest BCUT2D eigenvalue weighted by Gasteiger charge is -2.22. The number of hydrogen-bond acceptors (Lipinski definition) is 2. The Kier molecular flexibility index (Phi) is 5.92. The lowest BCUT2D eigenvalue weighted by Crippen LogP contribution is -2.26. The highest BCUT2D eigenvalue weighted by atomic mass is 35.5. The van der Waals surface area contributed by atoms with Gasteiger partial charge in [0.15, 0.2) is 0 Å². The highest BCUT2D eigenvalue weighted by molar-refractivity contribution is 6.31. The molecule has 0 atom stereocenters. The first-order valence-electron chi connectivity index (χ1n) is 6.97. The van der Waals surface area contributed by atoms with Gasteiger partial charge in [-0.3, -0.25) is 9.69 Å². The average molecular weight is 322 g/mol. The van der Waals surface area contributed by atoms with E-state index in [0.29, 0.717) is 23.7 Å². The van der Waals surface area contributed by atoms with Crippen molar-refractivity contribution >= 4 is 17.6 Å². The Morgan fingerprint density at radius 2 is 1.82 bits per heavy atom. The van der Waals surface area contributed by atoms with E-state index in [1.165, 1.54) is 6.07 Å². The van der Waals surface area contributed by atoms with Gasteiger partial charge >= 0.3 is 5.97 Å². The maximum atomic E-state index is 13.9. The van der Waals surface area contributed by atoms with Crippen LogP contribution >= 0.6 is 11.6 Å². The van der Waals surface area contributed by atoms with Crippen molar-refractivity contribution in [1.29, 1.82) is 0 Å². The minimum Gasteiger partial charge on any atom is -0.481 e. The molecule has 22 heavy (non-hydrogen) atoms. The zero-order valence-corrected chi connectivity index (χ0v) is 12.8. The van der Waals surface area contributed by atoms with Crippen molar-refractivity contribution in [3.05, 3.63) is 70.5 Å². The van der Waals surface area contributed by atoms with Crippen LogP contribution in [-0.4, -0.2) is 22.5 Å². The maximum Gasteiger partial charge on any atom is 0.304 e. The van der Waals surface area contributed by atoms with E-state index in [1.807, 2.05) is 35.2 Å². The van der Waals surface area contributed by atoms with Crippen molar-refractivity contribution in [3.63, 3.8) is 0 Å². The van der Waals surface area contributed by atoms with Crippen LogP contribution in [0.2, 0.25) is 5.02 Å². The van der Waals surface area contributed by atoms with E-state index >= 15 is 0 Å². The standard InChI is InChI=1S/C17H17ClFNO2/c18-15-7-4-8-16(19)14(15)12-20(10-9-17(21)22)11-13-5-2-1-3-6-13/h1-8H,9-12H2,(H,21,22). The Labute approximate surface area is 133 Å². The van der Waals surface area contributed by atoms with Gasteiger partial charge in [0, 0.05) is 30.2 Å². The van der Waals surface area contributed by atoms with Gasteiger partial charge in [-0.2, -0.15) is 0 Å². The zero-order valence-electron chi connectivity index (χ0n) is 12.0. The first-order valence-corrected chi connectivity index (χ1v) is 7.35. The molecular weight excluding hydrogens is 305 g/mol. The molecule has 0 fully saturated rings. The molecule has 5 heteroatoms. The quantitative estimate of drug-likeness (QED) is 0.839. The Morgan fingerprint density at radius 1 is 1.09 bits per heavy atom. The molecule has 0 amide bonds. The summed E-state index contributed by atoms with van der Waals surface area (Å²) in [6.07, 6.45) is -0.00109. The molecule has 0 radical (unpaired) electrons. The average Bonchev–Trinajstić information content (AvgIpc) is 2.49. The summed E-state index contributed by atoms with van der Waals surface area (Å²) < 4.78 is 13.9. The van der Waals surface area contributed by atoms with Gasteiger partial charge in [0.1, 0.15) is 5.82 Å². The minimum atomic E-state index is -0.877. The van der Waals surface area contributed by atoms with Gasteiger partial charge in [-0.25, -0.2) is 4.39 Å². The summed E-state index contributed by atoms with van der Waals surface area (Å²) in [5.41, 5.74) is 1.44. The second-order valence-electron chi connectivity index (χ2n) is 5.04. The fourth-order valence-corrected chi connectivity index (χ4v) is 2.44. The molecule has 0 spiro atoms. The molecule has 0 aromatic heterocycles. The van der Waals surface area contributed by atoms with Crippen LogP contribution in [0, 0.1) is 5.82 Å². The summed E-state index contributed by atoms with van der Waals surface area (Å²) in [6.45, 7) is 1.14. The molecule has 0 saturated heterocycles. The molecule has 2 aromatic carbocycles. The van der Waals surface area contributed by atoms with Crippen LogP contribution in [-0.2, 0) is 17.9 Å². The summed E-state index contributed by atoms with van der Waals surface area (Å²) in [6, 6.07) is 14.2. The maximum absolute atomic E-state index is 13.9. The summed E-state index contributed by atoms with van der Waals surface area (Å²) in [5, 5.41) is 9.23. The second kappa shape index (κ2) is 7.92. The van der Waals surface area contributed by atoms with Crippen molar-refractivity contribution in [1.82, 2.24) is 4.90 Å². The molecule has 0 aliphatic rings. The third-order valence-electron chi connectivity index (χ3n) is 3.33. The number of carbonyl (C=O) groups is 1. The Hall–Kier alpha value is -1.91. The first kappa shape index (κ1) is 16.5. The predicted molar refractivity (Wildman–Crippen MR) is 84.2 cm³/mol. The van der Waals surface area contributed by atoms with Gasteiger partial charge in [-0.15, -0.1) is 0 Å². The summed E-state index contributed by atoms with van der Waals surface area (Å²) in [4.78, 5) is 12.7. The SMILES string of the molecule is O=C(O)CCN(Cc1ccccc1)Cc1c(F)cccc1Cl. The number of benzene rings is 2. The number of nitrogens with zero attached hydrogens (tertiary/aromatic N) is 1. The Balaban J connectivity index is 2.15. The van der Waals surface area contributed by atoms with E-state index in [4.69, 9.17) is 16.7 Å². The number of aliphatic carboxylic acids is 1. The molecule has 0 unspecified atom stereocenters. The molecule has 0 aliphatic heterocycles. The fraction of sp³-hybridized carbons (Fsp3) is 0.235. The van der Waals surface area contributed by atoms with E-state index in [0.717, 1.165) is 5.56 Å². The Morgan fingerprint density at radius 3 is 2.45 bits per heavy atom. The topological polar surface area (TPSA) is 40.5 Å². The molecule has 1 N–H and O–H groups in total. The fourth-order valence-electron chi connectivity index (χ4n) is 2.22. The third kappa shape index (κ3) is 4.83. The van der Waals surface area contributed by atoms with Gasteiger partial charge in [-0.05, 0) is 17.7 Å². The van der Waals surface area contributed by atoms with Crippen molar-refractivity contribution in [2.45, 2.75) is 19.5 Å². The van der Waals surface area contributed by atoms with Gasteiger partial charge in [0.25, 0.3) is 0 Å². The van der Waals surface area contributed by atoms with Crippen LogP contribution in [0.25, 0.3) is 0 Å². The molecule has 0 bridgehead atoms. The highest BCUT2D eigenvalue weighted by Gasteiger charge is 2.14. The molecular formula is C17H17ClFNO2. The molecule has 3 nitrogen and oxygen atoms in total. The normalized spacial score (nSPS) is 10.9. The summed E-state index contributed by atoms with van der Waals surface area (Å²) in [5.74, 6) is -1.25. The Bertz CT molecular complexity index is 614. The van der Waals surface area contributed by atoms with Gasteiger partial charge in [0.05, 0.1) is 6.42 Å². The molecule has 116 valence electrons. The monoisotopic (exact) mass is 321 g/mol. The van der Waals surface area contributed by atoms with Crippen molar-refractivity contribution in [2.75, 3.05) is 6.54 Å². The van der Waals surface area contributed by atoms with E-state index in [-0.39, 0.29) is 18.8 Å². The number of hydrogen-bond donors (Lipinski definition) is 1. The van der Waals surface area contributed by atoms with Gasteiger partial charge < -0.3 is 5.11 Å². The van der Waals surface area contributed by atoms with E-state index in [2.05, 4.69) is 0 Å². The summed E-state index contributed by atoms with van der Waals surface area (Å²) >= 11 is 6.06. The molecule has 2 aromatic rings. The number of carboxylic acids is 1. The van der Waals surface area contributed by atoms with E-state index in [9.17, 15) is 9.18 Å². The van der Waals surface area contributed by atoms with Crippen molar-refractivity contribution in [3.8, 4) is 0 Å². The largest absolute Gasteiger partial charge is 0.481 e. The highest BCUT2D eigenvalue weighted by Crippen LogP contribution is 2.21. The van der Waals surface area contributed by atoms with Crippen molar-refractivity contribution < 1.29 is 14.3 Å². The van der Waals surface area contributed by atoms with Crippen LogP contribution in [0.4, 0.5) is 4.39 Å². The first-order chi connectivity index (χ1) is 10.6. The minimum absolute atomic E-state index is 0.00109. The molecule has 2 rings (SSSR count). The third-order valence-corrected chi connectivity index (χ3v) is 3.69. The molecule has 0 saturated carbocycles. The smallest absolute Gasteiger partial charge is 0.304 e. The lowest BCUT2D eigenvalue weighted by atomic mass is 10.1. The van der Waals surface area contributed by atoms with Crippen LogP contribution < -0.4 is 0 Å². The lowest BCUT2D eigenvalue weighted by molar-refractivity contribution is -0.137. The van der Waals surface area contributed by atoms with Gasteiger partial charge in [-0.1, -0.05) is 48.0 Å². The number of rotatable bonds is 7. The van der Waals surface area contributed by atoms with E-state index < -0.39 is 5.97 Å². The van der Waals surface area contributed by atoms with Crippen LogP contribution in [0.15, 0.2) is 48.5 Å². The van der Waals surface area contributed by atoms with Crippen molar-refractivity contribution in [2.24, 2.45) is 0 Å². The zero-order chi connectivity index (χ0) is 15.9. The van der Waals surface area contributed by atoms with E-state index in [1.54, 1.807) is 12.1 Å². The molecule has 0 aliphatic carbocycles. The van der Waals surface area contributed by atoms with Gasteiger partial charge in [0.2, 0.25) is 0 Å². The predicted octanol–water partition coefficient (Wildman–Crippen LogP) is 3.96. The van der Waals surface area contributed by atoms with Crippen LogP contribution in [0.5, 0.6) is 0 Å². The van der Waals surface area contributed by atoms with Crippen LogP contribution in [0.1, 0.15) is 17.5 Å². The molecule has 0 heterocycles. The van der Waals surface area contributed by atoms with Crippen LogP contribution in [0.3, 0.4) is 0 Å².